The molecule has 0 aliphatic rings. The van der Waals surface area contributed by atoms with Gasteiger partial charge in [-0.2, -0.15) is 0 Å². The number of benzene rings is 8. The second-order valence-electron chi connectivity index (χ2n) is 15.2. The summed E-state index contributed by atoms with van der Waals surface area (Å²) < 4.78 is 446. The first-order valence-electron chi connectivity index (χ1n) is 19.2. The fraction of sp³-hybridized carbons (Fsp3) is 0.0698. The molecule has 8 aromatic rings. The number of halogens is 28. The first-order chi connectivity index (χ1) is 33.9. The highest BCUT2D eigenvalue weighted by Crippen LogP contribution is 2.42. The molecule has 0 fully saturated rings. The second kappa shape index (κ2) is 18.1. The molecule has 3 N–H and O–H groups in total. The van der Waals surface area contributed by atoms with Crippen LogP contribution < -0.4 is 27.6 Å². The van der Waals surface area contributed by atoms with E-state index in [0.29, 0.717) is 0 Å². The number of fused-ring (bicyclic) bond motifs is 4. The molecule has 0 saturated carbocycles. The minimum Gasteiger partial charge on any atom is -0.358 e. The lowest BCUT2D eigenvalue weighted by Gasteiger charge is -2.47. The van der Waals surface area contributed by atoms with Crippen LogP contribution in [0.4, 0.5) is 123 Å². The van der Waals surface area contributed by atoms with Crippen molar-refractivity contribution in [2.75, 3.05) is 6.54 Å². The molecular formula is C43H10BF28N. The molecule has 30 heteroatoms. The van der Waals surface area contributed by atoms with Crippen molar-refractivity contribution in [1.29, 1.82) is 0 Å². The molecular weight excluding hydrogens is 1070 g/mol. The average Bonchev–Trinajstić information content (AvgIpc) is 3.36. The predicted octanol–water partition coefficient (Wildman–Crippen LogP) is 11.2. The third-order valence-corrected chi connectivity index (χ3v) is 11.6. The van der Waals surface area contributed by atoms with E-state index in [4.69, 9.17) is 0 Å². The SMILES string of the molecule is CCC[NH3+].Fc1c(F)c(F)c2c([B-](c3c(F)c(F)c(F)c4c(F)c(F)c(F)c(F)c34)(c3c(F)c(F)c(F)c4c(F)c(F)c(F)c(F)c34)c3c(F)c(F)c(F)c4c(F)c(F)c(F)c(F)c34)c(F)c(F)c(F)c2c1F. The molecule has 0 unspecified atom stereocenters. The van der Waals surface area contributed by atoms with E-state index in [9.17, 15) is 17.6 Å². The monoisotopic (exact) mass is 1080 g/mol. The molecule has 0 amide bonds. The van der Waals surface area contributed by atoms with E-state index in [1.54, 1.807) is 0 Å². The van der Waals surface area contributed by atoms with Crippen LogP contribution in [0, 0.1) is 163 Å². The molecule has 0 saturated heterocycles. The van der Waals surface area contributed by atoms with Gasteiger partial charge in [0.1, 0.15) is 29.4 Å². The molecule has 0 aliphatic heterocycles. The Balaban J connectivity index is 0.00000188. The number of hydrogen-bond donors (Lipinski definition) is 1. The van der Waals surface area contributed by atoms with E-state index in [0.717, 1.165) is 6.54 Å². The fourth-order valence-electron chi connectivity index (χ4n) is 8.59. The van der Waals surface area contributed by atoms with Gasteiger partial charge in [0.15, 0.2) is 140 Å². The molecule has 0 aliphatic carbocycles. The molecule has 8 rings (SSSR count). The smallest absolute Gasteiger partial charge is 0.198 e. The topological polar surface area (TPSA) is 27.6 Å². The molecule has 0 heterocycles. The Labute approximate surface area is 382 Å². The Morgan fingerprint density at radius 3 is 0.438 bits per heavy atom. The van der Waals surface area contributed by atoms with Crippen LogP contribution in [0.2, 0.25) is 0 Å². The van der Waals surface area contributed by atoms with Gasteiger partial charge in [0.2, 0.25) is 0 Å². The van der Waals surface area contributed by atoms with Crippen molar-refractivity contribution >= 4 is 71.1 Å². The summed E-state index contributed by atoms with van der Waals surface area (Å²) in [6.07, 6.45) is -6.84. The Hall–Kier alpha value is -7.14. The highest BCUT2D eigenvalue weighted by Gasteiger charge is 2.52. The molecule has 1 nitrogen and oxygen atoms in total. The van der Waals surface area contributed by atoms with E-state index < -0.39 is 234 Å². The second-order valence-corrected chi connectivity index (χ2v) is 15.2. The van der Waals surface area contributed by atoms with Gasteiger partial charge in [-0.25, -0.2) is 123 Å². The zero-order valence-electron chi connectivity index (χ0n) is 34.3. The van der Waals surface area contributed by atoms with Gasteiger partial charge >= 0.3 is 0 Å². The summed E-state index contributed by atoms with van der Waals surface area (Å²) in [6.45, 7) is 3.19. The first-order valence-corrected chi connectivity index (χ1v) is 19.2. The van der Waals surface area contributed by atoms with E-state index in [1.165, 1.54) is 6.42 Å². The summed E-state index contributed by atoms with van der Waals surface area (Å²) in [6, 6.07) is 0. The summed E-state index contributed by atoms with van der Waals surface area (Å²) >= 11 is 0. The van der Waals surface area contributed by atoms with Gasteiger partial charge in [0.05, 0.1) is 28.1 Å². The highest BCUT2D eigenvalue weighted by molar-refractivity contribution is 7.23. The molecule has 8 aromatic carbocycles. The molecule has 0 bridgehead atoms. The van der Waals surface area contributed by atoms with Gasteiger partial charge in [0, 0.05) is 0 Å². The maximum Gasteiger partial charge on any atom is 0.198 e. The van der Waals surface area contributed by atoms with Crippen LogP contribution in [-0.4, -0.2) is 12.7 Å². The van der Waals surface area contributed by atoms with Crippen LogP contribution in [0.5, 0.6) is 0 Å². The molecule has 0 spiro atoms. The van der Waals surface area contributed by atoms with Gasteiger partial charge in [-0.15, -0.1) is 21.9 Å². The Kier molecular flexibility index (Phi) is 13.3. The van der Waals surface area contributed by atoms with E-state index in [-0.39, 0.29) is 0 Å². The maximum absolute atomic E-state index is 17.3. The van der Waals surface area contributed by atoms with Gasteiger partial charge < -0.3 is 5.73 Å². The zero-order valence-corrected chi connectivity index (χ0v) is 34.3. The minimum atomic E-state index is -8.05. The molecule has 0 aromatic heterocycles. The van der Waals surface area contributed by atoms with Crippen molar-refractivity contribution in [2.24, 2.45) is 0 Å². The Morgan fingerprint density at radius 1 is 0.205 bits per heavy atom. The molecule has 0 atom stereocenters. The highest BCUT2D eigenvalue weighted by atomic mass is 19.2. The van der Waals surface area contributed by atoms with Gasteiger partial charge in [-0.1, -0.05) is 6.92 Å². The van der Waals surface area contributed by atoms with Crippen molar-refractivity contribution in [1.82, 2.24) is 0 Å². The summed E-state index contributed by atoms with van der Waals surface area (Å²) in [5, 5.41) is -27.0. The Morgan fingerprint density at radius 2 is 0.315 bits per heavy atom. The number of quaternary nitrogens is 1. The average molecular weight is 1080 g/mol. The fourth-order valence-corrected chi connectivity index (χ4v) is 8.59. The lowest BCUT2D eigenvalue weighted by atomic mass is 9.11. The van der Waals surface area contributed by atoms with Crippen molar-refractivity contribution in [3.05, 3.63) is 163 Å². The summed E-state index contributed by atoms with van der Waals surface area (Å²) in [5.41, 5.74) is -11.9. The third kappa shape index (κ3) is 6.82. The van der Waals surface area contributed by atoms with Crippen molar-refractivity contribution in [3.63, 3.8) is 0 Å². The first kappa shape index (κ1) is 53.7. The molecule has 386 valence electrons. The van der Waals surface area contributed by atoms with Crippen molar-refractivity contribution in [2.45, 2.75) is 13.3 Å². The maximum atomic E-state index is 17.3. The lowest BCUT2D eigenvalue weighted by molar-refractivity contribution is -0.367. The van der Waals surface area contributed by atoms with Crippen LogP contribution in [0.1, 0.15) is 13.3 Å². The summed E-state index contributed by atoms with van der Waals surface area (Å²) in [7, 11) is 0. The largest absolute Gasteiger partial charge is 0.358 e. The van der Waals surface area contributed by atoms with Gasteiger partial charge in [-0.3, -0.25) is 0 Å². The standard InChI is InChI=1S/C40BF28.C3H9N/c42-13-1-5(21(50)37(66)33(13)62)17(46)29(58)25(54)9(1)41(10-2-6(18(47)30(59)26(10)55)22(51)38(67)34(63)14(2)43,11-3-7(19(48)31(60)27(11)56)23(52)39(68)35(64)15(3)44)12-4-8(20(49)32(61)28(12)57)24(53)40(69)36(65)16(4)45;1-2-3-4/h;2-4H2,1H3/q-1;/p+1. The van der Waals surface area contributed by atoms with Crippen LogP contribution in [0.25, 0.3) is 43.1 Å². The number of hydrogen-bond acceptors (Lipinski definition) is 0. The molecule has 0 radical (unpaired) electrons. The lowest BCUT2D eigenvalue weighted by Crippen LogP contribution is -2.79. The summed E-state index contributed by atoms with van der Waals surface area (Å²) in [4.78, 5) is 0. The van der Waals surface area contributed by atoms with Crippen molar-refractivity contribution in [3.8, 4) is 0 Å². The Bertz CT molecular complexity index is 3290. The predicted molar refractivity (Wildman–Crippen MR) is 197 cm³/mol. The van der Waals surface area contributed by atoms with Gasteiger partial charge in [-0.05, 0) is 28.0 Å². The van der Waals surface area contributed by atoms with Crippen LogP contribution in [0.3, 0.4) is 0 Å². The van der Waals surface area contributed by atoms with Gasteiger partial charge in [0.25, 0.3) is 0 Å². The summed E-state index contributed by atoms with van der Waals surface area (Å²) in [5.74, 6) is -104. The molecule has 73 heavy (non-hydrogen) atoms. The van der Waals surface area contributed by atoms with E-state index >= 15 is 105 Å². The third-order valence-electron chi connectivity index (χ3n) is 11.6. The quantitative estimate of drug-likeness (QED) is 0.0770. The van der Waals surface area contributed by atoms with Crippen LogP contribution >= 0.6 is 0 Å². The van der Waals surface area contributed by atoms with Crippen LogP contribution in [-0.2, 0) is 0 Å². The minimum absolute atomic E-state index is 1.07. The van der Waals surface area contributed by atoms with E-state index in [2.05, 4.69) is 12.7 Å². The van der Waals surface area contributed by atoms with Crippen LogP contribution in [0.15, 0.2) is 0 Å². The van der Waals surface area contributed by atoms with Crippen molar-refractivity contribution < 1.29 is 129 Å². The normalized spacial score (nSPS) is 12.1. The number of rotatable bonds is 5. The van der Waals surface area contributed by atoms with E-state index in [1.807, 2.05) is 0 Å². The zero-order chi connectivity index (χ0) is 55.0.